The maximum absolute atomic E-state index is 13.6. The Morgan fingerprint density at radius 3 is 2.59 bits per heavy atom. The van der Waals surface area contributed by atoms with E-state index in [4.69, 9.17) is 27.9 Å². The number of carbonyl (C=O) groups excluding carboxylic acids is 2. The molecular formula is C24H19Cl2FN2O3. The fourth-order valence-electron chi connectivity index (χ4n) is 3.68. The zero-order valence-corrected chi connectivity index (χ0v) is 18.6. The fraction of sp³-hybridized carbons (Fsp3) is 0.167. The van der Waals surface area contributed by atoms with Crippen molar-refractivity contribution in [1.29, 1.82) is 0 Å². The Morgan fingerprint density at radius 2 is 1.88 bits per heavy atom. The first-order valence-electron chi connectivity index (χ1n) is 9.85. The molecule has 0 unspecified atom stereocenters. The molecule has 0 fully saturated rings. The third-order valence-electron chi connectivity index (χ3n) is 5.15. The van der Waals surface area contributed by atoms with E-state index in [9.17, 15) is 14.0 Å². The van der Waals surface area contributed by atoms with E-state index in [1.54, 1.807) is 30.3 Å². The molecule has 0 aliphatic carbocycles. The van der Waals surface area contributed by atoms with Gasteiger partial charge in [0.25, 0.3) is 5.91 Å². The number of nitrogens with one attached hydrogen (secondary N) is 1. The molecule has 0 saturated heterocycles. The van der Waals surface area contributed by atoms with Crippen molar-refractivity contribution >= 4 is 40.7 Å². The molecule has 3 aromatic rings. The largest absolute Gasteiger partial charge is 0.482 e. The highest BCUT2D eigenvalue weighted by Gasteiger charge is 2.33. The number of hydrogen-bond acceptors (Lipinski definition) is 3. The summed E-state index contributed by atoms with van der Waals surface area (Å²) in [4.78, 5) is 27.3. The summed E-state index contributed by atoms with van der Waals surface area (Å²) in [5, 5.41) is 3.57. The molecule has 0 radical (unpaired) electrons. The van der Waals surface area contributed by atoms with Crippen molar-refractivity contribution in [1.82, 2.24) is 4.90 Å². The van der Waals surface area contributed by atoms with Gasteiger partial charge in [0.05, 0.1) is 11.1 Å². The average Bonchev–Trinajstić information content (AvgIpc) is 2.89. The number of fused-ring (bicyclic) bond motifs is 1. The monoisotopic (exact) mass is 472 g/mol. The highest BCUT2D eigenvalue weighted by molar-refractivity contribution is 6.35. The summed E-state index contributed by atoms with van der Waals surface area (Å²) in [5.74, 6) is -0.842. The molecule has 8 heteroatoms. The lowest BCUT2D eigenvalue weighted by molar-refractivity contribution is -0.138. The van der Waals surface area contributed by atoms with Gasteiger partial charge in [0, 0.05) is 16.3 Å². The van der Waals surface area contributed by atoms with E-state index in [1.165, 1.54) is 23.1 Å². The van der Waals surface area contributed by atoms with Gasteiger partial charge in [0.1, 0.15) is 18.1 Å². The normalized spacial score (nSPS) is 15.6. The second kappa shape index (κ2) is 9.18. The highest BCUT2D eigenvalue weighted by atomic mass is 35.5. The van der Waals surface area contributed by atoms with Gasteiger partial charge in [-0.15, -0.1) is 0 Å². The number of benzene rings is 3. The van der Waals surface area contributed by atoms with Crippen molar-refractivity contribution in [3.63, 3.8) is 0 Å². The fourth-order valence-corrected chi connectivity index (χ4v) is 4.14. The smallest absolute Gasteiger partial charge is 0.261 e. The Bertz CT molecular complexity index is 1180. The molecule has 0 aromatic heterocycles. The minimum Gasteiger partial charge on any atom is -0.482 e. The molecule has 1 atom stereocenters. The summed E-state index contributed by atoms with van der Waals surface area (Å²) in [6, 6.07) is 15.6. The minimum absolute atomic E-state index is 0.188. The molecule has 4 rings (SSSR count). The summed E-state index contributed by atoms with van der Waals surface area (Å²) >= 11 is 12.0. The van der Waals surface area contributed by atoms with E-state index >= 15 is 0 Å². The summed E-state index contributed by atoms with van der Waals surface area (Å²) in [7, 11) is 0. The molecule has 3 aromatic carbocycles. The lowest BCUT2D eigenvalue weighted by Crippen LogP contribution is -2.41. The molecule has 1 aliphatic rings. The predicted octanol–water partition coefficient (Wildman–Crippen LogP) is 5.39. The van der Waals surface area contributed by atoms with Crippen LogP contribution in [0, 0.1) is 12.7 Å². The summed E-state index contributed by atoms with van der Waals surface area (Å²) in [6.45, 7) is 1.40. The van der Waals surface area contributed by atoms with Gasteiger partial charge in [-0.05, 0) is 48.9 Å². The Kier molecular flexibility index (Phi) is 6.35. The van der Waals surface area contributed by atoms with Crippen LogP contribution in [0.15, 0.2) is 60.7 Å². The van der Waals surface area contributed by atoms with Crippen LogP contribution >= 0.6 is 23.2 Å². The second-order valence-corrected chi connectivity index (χ2v) is 8.32. The van der Waals surface area contributed by atoms with Crippen LogP contribution in [0.5, 0.6) is 5.75 Å². The molecule has 1 aliphatic heterocycles. The number of halogens is 3. The number of ether oxygens (including phenoxy) is 1. The zero-order chi connectivity index (χ0) is 22.8. The maximum Gasteiger partial charge on any atom is 0.261 e. The van der Waals surface area contributed by atoms with Crippen LogP contribution in [0.3, 0.4) is 0 Å². The third kappa shape index (κ3) is 4.71. The molecule has 0 saturated carbocycles. The van der Waals surface area contributed by atoms with E-state index in [2.05, 4.69) is 5.32 Å². The van der Waals surface area contributed by atoms with Crippen LogP contribution in [0.1, 0.15) is 22.7 Å². The van der Waals surface area contributed by atoms with Crippen molar-refractivity contribution in [3.05, 3.63) is 93.2 Å². The third-order valence-corrected chi connectivity index (χ3v) is 5.68. The number of anilines is 1. The molecule has 32 heavy (non-hydrogen) atoms. The van der Waals surface area contributed by atoms with Gasteiger partial charge in [0.2, 0.25) is 5.91 Å². The molecule has 164 valence electrons. The first kappa shape index (κ1) is 22.1. The minimum atomic E-state index is -0.610. The Morgan fingerprint density at radius 1 is 1.12 bits per heavy atom. The summed E-state index contributed by atoms with van der Waals surface area (Å²) in [5.41, 5.74) is 2.98. The van der Waals surface area contributed by atoms with Gasteiger partial charge in [-0.3, -0.25) is 9.59 Å². The lowest BCUT2D eigenvalue weighted by Gasteiger charge is -2.30. The molecule has 1 heterocycles. The van der Waals surface area contributed by atoms with Crippen LogP contribution in [0.2, 0.25) is 10.0 Å². The molecular weight excluding hydrogens is 454 g/mol. The number of nitrogens with zero attached hydrogens (tertiary/aromatic N) is 1. The SMILES string of the molecule is Cc1ccc2c(c1)[C@@H](c1ccc(F)cc1)N(C(=O)COc1ccc(Cl)cc1Cl)CC(=O)N2. The van der Waals surface area contributed by atoms with Crippen LogP contribution in [0.25, 0.3) is 0 Å². The number of aryl methyl sites for hydroxylation is 1. The van der Waals surface area contributed by atoms with Gasteiger partial charge in [-0.25, -0.2) is 4.39 Å². The lowest BCUT2D eigenvalue weighted by atomic mass is 9.94. The number of amides is 2. The van der Waals surface area contributed by atoms with Gasteiger partial charge >= 0.3 is 0 Å². The van der Waals surface area contributed by atoms with Crippen LogP contribution in [0.4, 0.5) is 10.1 Å². The Balaban J connectivity index is 1.71. The van der Waals surface area contributed by atoms with Crippen molar-refractivity contribution in [3.8, 4) is 5.75 Å². The molecule has 2 amide bonds. The van der Waals surface area contributed by atoms with Crippen molar-refractivity contribution in [2.24, 2.45) is 0 Å². The molecule has 1 N–H and O–H groups in total. The summed E-state index contributed by atoms with van der Waals surface area (Å²) in [6.07, 6.45) is 0. The van der Waals surface area contributed by atoms with Gasteiger partial charge in [0.15, 0.2) is 6.61 Å². The first-order chi connectivity index (χ1) is 15.3. The second-order valence-electron chi connectivity index (χ2n) is 7.48. The summed E-state index contributed by atoms with van der Waals surface area (Å²) < 4.78 is 19.2. The van der Waals surface area contributed by atoms with Gasteiger partial charge in [-0.2, -0.15) is 0 Å². The quantitative estimate of drug-likeness (QED) is 0.553. The standard InChI is InChI=1S/C24H19Cl2FN2O3/c1-14-2-8-20-18(10-14)24(15-3-6-17(27)7-4-15)29(12-22(30)28-20)23(31)13-32-21-9-5-16(25)11-19(21)26/h2-11,24H,12-13H2,1H3,(H,28,30)/t24-/m1/s1. The van der Waals surface area contributed by atoms with E-state index in [-0.39, 0.29) is 29.9 Å². The molecule has 0 spiro atoms. The molecule has 0 bridgehead atoms. The van der Waals surface area contributed by atoms with Crippen LogP contribution in [-0.2, 0) is 9.59 Å². The molecule has 5 nitrogen and oxygen atoms in total. The van der Waals surface area contributed by atoms with Gasteiger partial charge in [-0.1, -0.05) is 53.0 Å². The van der Waals surface area contributed by atoms with Crippen LogP contribution < -0.4 is 10.1 Å². The highest BCUT2D eigenvalue weighted by Crippen LogP contribution is 2.36. The van der Waals surface area contributed by atoms with Crippen LogP contribution in [-0.4, -0.2) is 29.9 Å². The van der Waals surface area contributed by atoms with E-state index < -0.39 is 11.9 Å². The van der Waals surface area contributed by atoms with Crippen molar-refractivity contribution in [2.75, 3.05) is 18.5 Å². The maximum atomic E-state index is 13.6. The first-order valence-corrected chi connectivity index (χ1v) is 10.6. The average molecular weight is 473 g/mol. The number of hydrogen-bond donors (Lipinski definition) is 1. The van der Waals surface area contributed by atoms with E-state index in [0.29, 0.717) is 22.0 Å². The topological polar surface area (TPSA) is 58.6 Å². The Labute approximate surface area is 194 Å². The number of rotatable bonds is 4. The predicted molar refractivity (Wildman–Crippen MR) is 122 cm³/mol. The Hall–Kier alpha value is -3.09. The van der Waals surface area contributed by atoms with E-state index in [1.807, 2.05) is 19.1 Å². The van der Waals surface area contributed by atoms with Gasteiger partial charge < -0.3 is 15.0 Å². The number of carbonyl (C=O) groups is 2. The van der Waals surface area contributed by atoms with Crippen molar-refractivity contribution < 1.29 is 18.7 Å². The zero-order valence-electron chi connectivity index (χ0n) is 17.1. The van der Waals surface area contributed by atoms with E-state index in [0.717, 1.165) is 11.1 Å². The van der Waals surface area contributed by atoms with Crippen molar-refractivity contribution in [2.45, 2.75) is 13.0 Å².